The van der Waals surface area contributed by atoms with E-state index in [1.807, 2.05) is 0 Å². The summed E-state index contributed by atoms with van der Waals surface area (Å²) >= 11 is 0. The Balaban J connectivity index is 0.00000118. The maximum absolute atomic E-state index is 13.8. The van der Waals surface area contributed by atoms with Gasteiger partial charge in [0, 0.05) is 12.2 Å². The number of rotatable bonds is 6. The smallest absolute Gasteiger partial charge is 0.386 e. The molecule has 8 heteroatoms. The van der Waals surface area contributed by atoms with Crippen LogP contribution in [0.25, 0.3) is 0 Å². The predicted molar refractivity (Wildman–Crippen MR) is 86.9 cm³/mol. The van der Waals surface area contributed by atoms with Crippen molar-refractivity contribution < 1.29 is 31.2 Å². The first-order chi connectivity index (χ1) is 11.0. The van der Waals surface area contributed by atoms with Crippen LogP contribution in [0.3, 0.4) is 0 Å². The molecule has 0 saturated carbocycles. The van der Waals surface area contributed by atoms with Crippen LogP contribution in [0.4, 0.5) is 17.6 Å². The van der Waals surface area contributed by atoms with Gasteiger partial charge < -0.3 is 13.6 Å². The van der Waals surface area contributed by atoms with Crippen LogP contribution < -0.4 is 5.19 Å². The summed E-state index contributed by atoms with van der Waals surface area (Å²) in [6.45, 7) is 10.5. The third-order valence-corrected chi connectivity index (χ3v) is 5.36. The second-order valence-corrected chi connectivity index (χ2v) is 7.94. The normalized spacial score (nSPS) is 11.7. The maximum atomic E-state index is 13.8. The molecular weight excluding hydrogens is 344 g/mol. The molecular formula is C16H26F4O3Si. The molecule has 1 rings (SSSR count). The lowest BCUT2D eigenvalue weighted by Crippen LogP contribution is -2.58. The van der Waals surface area contributed by atoms with Gasteiger partial charge in [0.15, 0.2) is 23.3 Å². The fourth-order valence-electron chi connectivity index (χ4n) is 1.60. The van der Waals surface area contributed by atoms with Crippen molar-refractivity contribution in [2.45, 2.75) is 66.6 Å². The number of hydrogen-bond donors (Lipinski definition) is 1. The average Bonchev–Trinajstić information content (AvgIpc) is 2.47. The standard InChI is InChI=1S/C12H16F4O3Si.C4H10/c1-6(2)18-20(17,19-7(3)4)9-5-8(13)10(14)12(16)11(9)15;1-3-4-2/h5-7,17H,1-4H3;3-4H2,1-2H3. The van der Waals surface area contributed by atoms with Crippen LogP contribution in [-0.4, -0.2) is 25.8 Å². The van der Waals surface area contributed by atoms with Crippen LogP contribution in [-0.2, 0) is 8.85 Å². The summed E-state index contributed by atoms with van der Waals surface area (Å²) < 4.78 is 63.5. The second-order valence-electron chi connectivity index (χ2n) is 5.76. The summed E-state index contributed by atoms with van der Waals surface area (Å²) in [4.78, 5) is 10.3. The number of unbranched alkanes of at least 4 members (excludes halogenated alkanes) is 1. The Bertz CT molecular complexity index is 513. The quantitative estimate of drug-likeness (QED) is 0.356. The van der Waals surface area contributed by atoms with Gasteiger partial charge in [-0.05, 0) is 33.8 Å². The van der Waals surface area contributed by atoms with Gasteiger partial charge >= 0.3 is 8.80 Å². The molecule has 1 aromatic carbocycles. The molecule has 0 aromatic heterocycles. The molecule has 0 amide bonds. The Morgan fingerprint density at radius 3 is 1.62 bits per heavy atom. The number of hydrogen-bond acceptors (Lipinski definition) is 3. The van der Waals surface area contributed by atoms with Crippen molar-refractivity contribution in [3.05, 3.63) is 29.3 Å². The molecule has 24 heavy (non-hydrogen) atoms. The maximum Gasteiger partial charge on any atom is 0.538 e. The van der Waals surface area contributed by atoms with Gasteiger partial charge in [0.1, 0.15) is 0 Å². The molecule has 0 bridgehead atoms. The van der Waals surface area contributed by atoms with E-state index in [2.05, 4.69) is 13.8 Å². The highest BCUT2D eigenvalue weighted by molar-refractivity contribution is 6.74. The van der Waals surface area contributed by atoms with Crippen molar-refractivity contribution in [1.29, 1.82) is 0 Å². The van der Waals surface area contributed by atoms with Gasteiger partial charge in [-0.2, -0.15) is 0 Å². The van der Waals surface area contributed by atoms with Crippen LogP contribution in [0.2, 0.25) is 0 Å². The molecule has 0 spiro atoms. The molecule has 1 N–H and O–H groups in total. The third-order valence-electron chi connectivity index (χ3n) is 2.73. The van der Waals surface area contributed by atoms with Crippen LogP contribution in [0.5, 0.6) is 0 Å². The van der Waals surface area contributed by atoms with E-state index < -0.39 is 49.5 Å². The fourth-order valence-corrected chi connectivity index (χ4v) is 3.88. The Morgan fingerprint density at radius 2 is 1.29 bits per heavy atom. The Hall–Kier alpha value is -0.963. The molecule has 0 radical (unpaired) electrons. The monoisotopic (exact) mass is 370 g/mol. The lowest BCUT2D eigenvalue weighted by atomic mass is 10.3. The molecule has 0 atom stereocenters. The van der Waals surface area contributed by atoms with Crippen molar-refractivity contribution in [1.82, 2.24) is 0 Å². The summed E-state index contributed by atoms with van der Waals surface area (Å²) in [5.41, 5.74) is 0. The van der Waals surface area contributed by atoms with Gasteiger partial charge in [-0.15, -0.1) is 0 Å². The Morgan fingerprint density at radius 1 is 0.875 bits per heavy atom. The van der Waals surface area contributed by atoms with Gasteiger partial charge in [-0.3, -0.25) is 0 Å². The van der Waals surface area contributed by atoms with E-state index in [1.165, 1.54) is 40.5 Å². The minimum Gasteiger partial charge on any atom is -0.386 e. The number of halogens is 4. The minimum atomic E-state index is -4.40. The number of benzene rings is 1. The van der Waals surface area contributed by atoms with Gasteiger partial charge in [0.05, 0.1) is 5.19 Å². The molecule has 140 valence electrons. The first-order valence-corrected chi connectivity index (χ1v) is 9.67. The van der Waals surface area contributed by atoms with Crippen molar-refractivity contribution in [2.75, 3.05) is 0 Å². The molecule has 0 saturated heterocycles. The van der Waals surface area contributed by atoms with E-state index >= 15 is 0 Å². The van der Waals surface area contributed by atoms with Crippen molar-refractivity contribution in [3.63, 3.8) is 0 Å². The van der Waals surface area contributed by atoms with Gasteiger partial charge in [-0.25, -0.2) is 17.6 Å². The molecule has 0 heterocycles. The van der Waals surface area contributed by atoms with Crippen molar-refractivity contribution >= 4 is 14.0 Å². The van der Waals surface area contributed by atoms with Crippen molar-refractivity contribution in [2.24, 2.45) is 0 Å². The summed E-state index contributed by atoms with van der Waals surface area (Å²) in [6.07, 6.45) is 1.47. The Labute approximate surface area is 142 Å². The van der Waals surface area contributed by atoms with Gasteiger partial charge in [-0.1, -0.05) is 26.7 Å². The topological polar surface area (TPSA) is 38.7 Å². The molecule has 0 aliphatic carbocycles. The lowest BCUT2D eigenvalue weighted by molar-refractivity contribution is 0.0597. The van der Waals surface area contributed by atoms with E-state index in [0.717, 1.165) is 0 Å². The van der Waals surface area contributed by atoms with Crippen LogP contribution in [0.15, 0.2) is 6.07 Å². The SMILES string of the molecule is CC(C)O[Si](O)(OC(C)C)c1cc(F)c(F)c(F)c1F.CCCC. The van der Waals surface area contributed by atoms with E-state index in [0.29, 0.717) is 6.07 Å². The van der Waals surface area contributed by atoms with E-state index in [9.17, 15) is 22.4 Å². The van der Waals surface area contributed by atoms with Crippen LogP contribution in [0, 0.1) is 23.3 Å². The first kappa shape index (κ1) is 23.0. The second kappa shape index (κ2) is 10.1. The summed E-state index contributed by atoms with van der Waals surface area (Å²) in [7, 11) is -4.40. The van der Waals surface area contributed by atoms with E-state index in [-0.39, 0.29) is 0 Å². The van der Waals surface area contributed by atoms with Crippen molar-refractivity contribution in [3.8, 4) is 0 Å². The molecule has 0 unspecified atom stereocenters. The predicted octanol–water partition coefficient (Wildman–Crippen LogP) is 4.04. The van der Waals surface area contributed by atoms with Crippen LogP contribution in [0.1, 0.15) is 54.4 Å². The Kier molecular flexibility index (Phi) is 9.72. The minimum absolute atomic E-state index is 0.366. The highest BCUT2D eigenvalue weighted by atomic mass is 28.4. The summed E-state index contributed by atoms with van der Waals surface area (Å²) in [5.74, 6) is -7.29. The van der Waals surface area contributed by atoms with Gasteiger partial charge in [0.2, 0.25) is 0 Å². The molecule has 1 aromatic rings. The zero-order valence-corrected chi connectivity index (χ0v) is 15.9. The fraction of sp³-hybridized carbons (Fsp3) is 0.625. The summed E-state index contributed by atoms with van der Waals surface area (Å²) in [6, 6.07) is 0.366. The highest BCUT2D eigenvalue weighted by Gasteiger charge is 2.46. The zero-order valence-electron chi connectivity index (χ0n) is 14.9. The molecule has 0 aliphatic heterocycles. The lowest BCUT2D eigenvalue weighted by Gasteiger charge is -2.28. The molecule has 0 fully saturated rings. The highest BCUT2D eigenvalue weighted by Crippen LogP contribution is 2.18. The largest absolute Gasteiger partial charge is 0.538 e. The first-order valence-electron chi connectivity index (χ1n) is 7.91. The van der Waals surface area contributed by atoms with E-state index in [4.69, 9.17) is 8.85 Å². The zero-order chi connectivity index (χ0) is 19.1. The average molecular weight is 370 g/mol. The molecule has 0 aliphatic rings. The van der Waals surface area contributed by atoms with E-state index in [1.54, 1.807) is 0 Å². The summed E-state index contributed by atoms with van der Waals surface area (Å²) in [5, 5.41) is -0.823. The third kappa shape index (κ3) is 6.50. The van der Waals surface area contributed by atoms with Crippen LogP contribution >= 0.6 is 0 Å². The van der Waals surface area contributed by atoms with Gasteiger partial charge in [0.25, 0.3) is 0 Å². The molecule has 3 nitrogen and oxygen atoms in total.